The van der Waals surface area contributed by atoms with Crippen LogP contribution in [0.15, 0.2) is 71.3 Å². The van der Waals surface area contributed by atoms with E-state index in [-0.39, 0.29) is 17.5 Å². The molecule has 33 heavy (non-hydrogen) atoms. The molecule has 1 amide bonds. The van der Waals surface area contributed by atoms with Gasteiger partial charge in [-0.25, -0.2) is 4.39 Å². The number of carbonyl (C=O) groups excluding carboxylic acids is 2. The lowest BCUT2D eigenvalue weighted by atomic mass is 10.1. The van der Waals surface area contributed by atoms with Crippen molar-refractivity contribution < 1.29 is 18.4 Å². The lowest BCUT2D eigenvalue weighted by molar-refractivity contribution is -0.134. The molecule has 0 unspecified atom stereocenters. The average molecular weight is 450 g/mol. The average Bonchev–Trinajstić information content (AvgIpc) is 3.33. The van der Waals surface area contributed by atoms with Crippen LogP contribution in [0.1, 0.15) is 28.6 Å². The highest BCUT2D eigenvalue weighted by Gasteiger charge is 2.24. The molecule has 0 aliphatic carbocycles. The van der Waals surface area contributed by atoms with E-state index < -0.39 is 0 Å². The van der Waals surface area contributed by atoms with Gasteiger partial charge >= 0.3 is 0 Å². The number of furan rings is 1. The Kier molecular flexibility index (Phi) is 7.19. The smallest absolute Gasteiger partial charge is 0.237 e. The van der Waals surface area contributed by atoms with Gasteiger partial charge in [-0.15, -0.1) is 0 Å². The zero-order chi connectivity index (χ0) is 23.2. The number of ketones is 1. The van der Waals surface area contributed by atoms with Gasteiger partial charge in [0.1, 0.15) is 11.6 Å². The molecule has 3 aromatic rings. The first-order chi connectivity index (χ1) is 16.0. The Labute approximate surface area is 193 Å². The molecule has 1 saturated heterocycles. The number of benzene rings is 2. The molecule has 172 valence electrons. The fraction of sp³-hybridized carbons (Fsp3) is 0.308. The van der Waals surface area contributed by atoms with Crippen LogP contribution in [0.4, 0.5) is 10.1 Å². The van der Waals surface area contributed by atoms with Crippen molar-refractivity contribution in [2.24, 2.45) is 0 Å². The maximum Gasteiger partial charge on any atom is 0.237 e. The number of hydrogen-bond donors (Lipinski definition) is 0. The molecule has 0 bridgehead atoms. The fourth-order valence-corrected chi connectivity index (χ4v) is 4.05. The summed E-state index contributed by atoms with van der Waals surface area (Å²) in [6, 6.07) is 18.2. The number of nitrogens with zero attached hydrogens (tertiary/aromatic N) is 3. The van der Waals surface area contributed by atoms with E-state index in [0.29, 0.717) is 57.1 Å². The predicted octanol–water partition coefficient (Wildman–Crippen LogP) is 3.97. The SMILES string of the molecule is CC(=O)c1ccc(N2CCN(CC(=O)N(Cc3ccccc3)Cc3ccco3)CC2)c(F)c1. The van der Waals surface area contributed by atoms with Crippen LogP contribution in [0, 0.1) is 5.82 Å². The minimum Gasteiger partial charge on any atom is -0.467 e. The van der Waals surface area contributed by atoms with Gasteiger partial charge in [-0.3, -0.25) is 14.5 Å². The quantitative estimate of drug-likeness (QED) is 0.487. The molecule has 0 N–H and O–H groups in total. The van der Waals surface area contributed by atoms with Crippen LogP contribution in [0.3, 0.4) is 0 Å². The van der Waals surface area contributed by atoms with Gasteiger partial charge in [0.25, 0.3) is 0 Å². The highest BCUT2D eigenvalue weighted by Crippen LogP contribution is 2.22. The van der Waals surface area contributed by atoms with Crippen molar-refractivity contribution in [3.05, 3.63) is 89.6 Å². The lowest BCUT2D eigenvalue weighted by Gasteiger charge is -2.36. The van der Waals surface area contributed by atoms with Crippen LogP contribution in [0.25, 0.3) is 0 Å². The highest BCUT2D eigenvalue weighted by molar-refractivity contribution is 5.94. The first kappa shape index (κ1) is 22.7. The summed E-state index contributed by atoms with van der Waals surface area (Å²) in [5.41, 5.74) is 1.93. The van der Waals surface area contributed by atoms with E-state index in [1.165, 1.54) is 13.0 Å². The standard InChI is InChI=1S/C26H28FN3O3/c1-20(31)22-9-10-25(24(27)16-22)29-13-11-28(12-14-29)19-26(32)30(18-23-8-5-15-33-23)17-21-6-3-2-4-7-21/h2-10,15-16H,11-14,17-19H2,1H3. The first-order valence-corrected chi connectivity index (χ1v) is 11.1. The molecular formula is C26H28FN3O3. The number of anilines is 1. The van der Waals surface area contributed by atoms with Crippen LogP contribution in [0.2, 0.25) is 0 Å². The van der Waals surface area contributed by atoms with Crippen molar-refractivity contribution in [3.8, 4) is 0 Å². The topological polar surface area (TPSA) is 57.0 Å². The van der Waals surface area contributed by atoms with Gasteiger partial charge in [0.05, 0.1) is 25.0 Å². The second-order valence-corrected chi connectivity index (χ2v) is 8.30. The van der Waals surface area contributed by atoms with Gasteiger partial charge in [0.15, 0.2) is 5.78 Å². The number of rotatable bonds is 8. The van der Waals surface area contributed by atoms with Crippen LogP contribution in [-0.2, 0) is 17.9 Å². The normalized spacial score (nSPS) is 14.3. The second-order valence-electron chi connectivity index (χ2n) is 8.30. The molecule has 0 radical (unpaired) electrons. The van der Waals surface area contributed by atoms with Crippen molar-refractivity contribution >= 4 is 17.4 Å². The second kappa shape index (κ2) is 10.4. The summed E-state index contributed by atoms with van der Waals surface area (Å²) in [6.45, 7) is 5.17. The van der Waals surface area contributed by atoms with Crippen molar-refractivity contribution in [2.75, 3.05) is 37.6 Å². The first-order valence-electron chi connectivity index (χ1n) is 11.1. The number of Topliss-reactive ketones (excluding diaryl/α,β-unsaturated/α-hetero) is 1. The van der Waals surface area contributed by atoms with Gasteiger partial charge in [0.2, 0.25) is 5.91 Å². The molecule has 6 nitrogen and oxygen atoms in total. The van der Waals surface area contributed by atoms with E-state index in [1.54, 1.807) is 23.3 Å². The summed E-state index contributed by atoms with van der Waals surface area (Å²) >= 11 is 0. The van der Waals surface area contributed by atoms with Gasteiger partial charge in [-0.1, -0.05) is 30.3 Å². The molecule has 0 spiro atoms. The van der Waals surface area contributed by atoms with Crippen LogP contribution >= 0.6 is 0 Å². The summed E-state index contributed by atoms with van der Waals surface area (Å²) < 4.78 is 20.0. The minimum absolute atomic E-state index is 0.0284. The van der Waals surface area contributed by atoms with E-state index in [9.17, 15) is 14.0 Å². The summed E-state index contributed by atoms with van der Waals surface area (Å²) in [6.07, 6.45) is 1.61. The molecular weight excluding hydrogens is 421 g/mol. The maximum absolute atomic E-state index is 14.5. The van der Waals surface area contributed by atoms with E-state index in [0.717, 1.165) is 11.3 Å². The number of hydrogen-bond acceptors (Lipinski definition) is 5. The van der Waals surface area contributed by atoms with Crippen molar-refractivity contribution in [1.82, 2.24) is 9.80 Å². The summed E-state index contributed by atoms with van der Waals surface area (Å²) in [4.78, 5) is 30.5. The minimum atomic E-state index is -0.389. The number of carbonyl (C=O) groups is 2. The zero-order valence-corrected chi connectivity index (χ0v) is 18.7. The number of halogens is 1. The summed E-state index contributed by atoms with van der Waals surface area (Å²) in [5, 5.41) is 0. The lowest BCUT2D eigenvalue weighted by Crippen LogP contribution is -2.50. The third kappa shape index (κ3) is 5.87. The Morgan fingerprint density at radius 2 is 1.73 bits per heavy atom. The number of amides is 1. The molecule has 0 atom stereocenters. The molecule has 2 heterocycles. The zero-order valence-electron chi connectivity index (χ0n) is 18.7. The molecule has 7 heteroatoms. The third-order valence-corrected chi connectivity index (χ3v) is 5.92. The Morgan fingerprint density at radius 3 is 2.36 bits per heavy atom. The Bertz CT molecular complexity index is 1080. The molecule has 0 saturated carbocycles. The predicted molar refractivity (Wildman–Crippen MR) is 124 cm³/mol. The van der Waals surface area contributed by atoms with E-state index in [1.807, 2.05) is 47.4 Å². The molecule has 4 rings (SSSR count). The molecule has 1 aliphatic rings. The van der Waals surface area contributed by atoms with E-state index in [4.69, 9.17) is 4.42 Å². The van der Waals surface area contributed by atoms with E-state index >= 15 is 0 Å². The Morgan fingerprint density at radius 1 is 0.970 bits per heavy atom. The van der Waals surface area contributed by atoms with Crippen LogP contribution in [-0.4, -0.2) is 54.2 Å². The highest BCUT2D eigenvalue weighted by atomic mass is 19.1. The number of piperazine rings is 1. The van der Waals surface area contributed by atoms with Crippen molar-refractivity contribution in [2.45, 2.75) is 20.0 Å². The summed E-state index contributed by atoms with van der Waals surface area (Å²) in [5.74, 6) is 0.229. The van der Waals surface area contributed by atoms with E-state index in [2.05, 4.69) is 4.90 Å². The maximum atomic E-state index is 14.5. The van der Waals surface area contributed by atoms with Crippen molar-refractivity contribution in [3.63, 3.8) is 0 Å². The Hall–Kier alpha value is -3.45. The van der Waals surface area contributed by atoms with Gasteiger partial charge in [-0.2, -0.15) is 0 Å². The van der Waals surface area contributed by atoms with Crippen LogP contribution < -0.4 is 4.90 Å². The molecule has 1 fully saturated rings. The van der Waals surface area contributed by atoms with Crippen LogP contribution in [0.5, 0.6) is 0 Å². The molecule has 1 aliphatic heterocycles. The fourth-order valence-electron chi connectivity index (χ4n) is 4.05. The monoisotopic (exact) mass is 449 g/mol. The molecule has 2 aromatic carbocycles. The molecule has 1 aromatic heterocycles. The largest absolute Gasteiger partial charge is 0.467 e. The Balaban J connectivity index is 1.36. The van der Waals surface area contributed by atoms with Gasteiger partial charge in [0, 0.05) is 38.3 Å². The summed E-state index contributed by atoms with van der Waals surface area (Å²) in [7, 11) is 0. The van der Waals surface area contributed by atoms with Gasteiger partial charge < -0.3 is 14.2 Å². The third-order valence-electron chi connectivity index (χ3n) is 5.92. The van der Waals surface area contributed by atoms with Crippen molar-refractivity contribution in [1.29, 1.82) is 0 Å². The van der Waals surface area contributed by atoms with Gasteiger partial charge in [-0.05, 0) is 42.8 Å².